The van der Waals surface area contributed by atoms with Gasteiger partial charge in [0, 0.05) is 39.6 Å². The molecule has 0 saturated heterocycles. The monoisotopic (exact) mass is 874 g/mol. The van der Waals surface area contributed by atoms with Crippen molar-refractivity contribution in [1.82, 2.24) is 4.98 Å². The normalized spacial score (nSPS) is 12.9. The molecule has 68 heavy (non-hydrogen) atoms. The summed E-state index contributed by atoms with van der Waals surface area (Å²) in [6, 6.07) is 83.8. The Morgan fingerprint density at radius 3 is 1.79 bits per heavy atom. The summed E-state index contributed by atoms with van der Waals surface area (Å²) in [5, 5.41) is 2.37. The average Bonchev–Trinajstić information content (AvgIpc) is 3.84. The number of hydrogen-bond acceptors (Lipinski definition) is 5. The third-order valence-corrected chi connectivity index (χ3v) is 13.3. The van der Waals surface area contributed by atoms with E-state index in [2.05, 4.69) is 206 Å². The minimum absolute atomic E-state index is 0.195. The molecule has 12 rings (SSSR count). The standard InChI is InChI=1S/C63H46N4O/c1-63(2)55-18-8-10-20-59(55)67(60-40-23-43(41-56(60)63)42-64-50-15-4-3-5-16-50)53-36-30-47(31-37-53)45-26-24-44(25-27-45)46-28-34-51(35-29-46)66(58-21-12-14-48-13-6-7-17-54(48)58)52-38-32-49(33-39-52)62-65-57-19-9-11-22-61(57)68-62/h3-42H,1-2H3. The van der Waals surface area contributed by atoms with E-state index in [0.717, 1.165) is 61.8 Å². The Kier molecular flexibility index (Phi) is 10.1. The molecule has 10 aromatic carbocycles. The predicted molar refractivity (Wildman–Crippen MR) is 283 cm³/mol. The molecule has 0 saturated carbocycles. The number of nitrogens with zero attached hydrogens (tertiary/aromatic N) is 4. The summed E-state index contributed by atoms with van der Waals surface area (Å²) >= 11 is 0. The van der Waals surface area contributed by atoms with E-state index < -0.39 is 0 Å². The molecule has 0 fully saturated rings. The van der Waals surface area contributed by atoms with Crippen LogP contribution in [0.3, 0.4) is 0 Å². The van der Waals surface area contributed by atoms with E-state index in [9.17, 15) is 0 Å². The fourth-order valence-corrected chi connectivity index (χ4v) is 9.78. The second-order valence-electron chi connectivity index (χ2n) is 17.9. The Hall–Kier alpha value is -8.80. The van der Waals surface area contributed by atoms with Crippen LogP contribution < -0.4 is 9.80 Å². The maximum atomic E-state index is 6.11. The molecule has 0 bridgehead atoms. The van der Waals surface area contributed by atoms with E-state index in [1.807, 2.05) is 60.8 Å². The largest absolute Gasteiger partial charge is 0.436 e. The molecule has 0 atom stereocenters. The lowest BCUT2D eigenvalue weighted by molar-refractivity contribution is 0.620. The van der Waals surface area contributed by atoms with Gasteiger partial charge < -0.3 is 14.2 Å². The van der Waals surface area contributed by atoms with Gasteiger partial charge in [-0.05, 0) is 141 Å². The van der Waals surface area contributed by atoms with Crippen LogP contribution in [0.1, 0.15) is 30.5 Å². The van der Waals surface area contributed by atoms with Crippen molar-refractivity contribution >= 4 is 67.9 Å². The first-order valence-electron chi connectivity index (χ1n) is 23.1. The molecule has 0 N–H and O–H groups in total. The van der Waals surface area contributed by atoms with E-state index in [-0.39, 0.29) is 5.41 Å². The average molecular weight is 875 g/mol. The molecule has 1 aliphatic heterocycles. The lowest BCUT2D eigenvalue weighted by Gasteiger charge is -2.42. The van der Waals surface area contributed by atoms with Crippen LogP contribution in [0.5, 0.6) is 0 Å². The van der Waals surface area contributed by atoms with Crippen molar-refractivity contribution in [3.05, 3.63) is 253 Å². The molecule has 0 radical (unpaired) electrons. The maximum absolute atomic E-state index is 6.11. The van der Waals surface area contributed by atoms with E-state index in [4.69, 9.17) is 14.4 Å². The second kappa shape index (κ2) is 16.9. The summed E-state index contributed by atoms with van der Waals surface area (Å²) in [5.41, 5.74) is 18.3. The van der Waals surface area contributed by atoms with Gasteiger partial charge >= 0.3 is 0 Å². The fraction of sp³-hybridized carbons (Fsp3) is 0.0476. The Morgan fingerprint density at radius 1 is 0.500 bits per heavy atom. The lowest BCUT2D eigenvalue weighted by Crippen LogP contribution is -2.30. The van der Waals surface area contributed by atoms with Gasteiger partial charge in [0.25, 0.3) is 0 Å². The number of fused-ring (bicyclic) bond motifs is 4. The van der Waals surface area contributed by atoms with Crippen LogP contribution in [0.25, 0.3) is 55.6 Å². The Balaban J connectivity index is 0.819. The minimum Gasteiger partial charge on any atom is -0.436 e. The SMILES string of the molecule is CC1(C)c2ccccc2N(c2ccc(-c3ccc(-c4ccc(N(c5ccc(-c6nc7ccccc7o6)cc5)c5cccc6ccccc56)cc4)cc3)cc2)c2ccc(C=Nc3ccccc3)cc21. The summed E-state index contributed by atoms with van der Waals surface area (Å²) < 4.78 is 6.11. The number of oxazole rings is 1. The number of anilines is 6. The van der Waals surface area contributed by atoms with Gasteiger partial charge in [0.15, 0.2) is 5.58 Å². The highest BCUT2D eigenvalue weighted by Gasteiger charge is 2.37. The molecule has 0 spiro atoms. The quantitative estimate of drug-likeness (QED) is 0.136. The predicted octanol–water partition coefficient (Wildman–Crippen LogP) is 17.3. The lowest BCUT2D eigenvalue weighted by atomic mass is 9.73. The Labute approximate surface area is 396 Å². The van der Waals surface area contributed by atoms with Crippen molar-refractivity contribution in [1.29, 1.82) is 0 Å². The first-order valence-corrected chi connectivity index (χ1v) is 23.1. The number of benzene rings is 10. The van der Waals surface area contributed by atoms with Crippen LogP contribution in [-0.2, 0) is 5.41 Å². The third-order valence-electron chi connectivity index (χ3n) is 13.3. The molecule has 0 aliphatic carbocycles. The molecule has 0 unspecified atom stereocenters. The van der Waals surface area contributed by atoms with Crippen molar-refractivity contribution < 1.29 is 4.42 Å². The highest BCUT2D eigenvalue weighted by Crippen LogP contribution is 2.52. The van der Waals surface area contributed by atoms with Crippen molar-refractivity contribution in [2.45, 2.75) is 19.3 Å². The molecule has 324 valence electrons. The summed E-state index contributed by atoms with van der Waals surface area (Å²) in [7, 11) is 0. The summed E-state index contributed by atoms with van der Waals surface area (Å²) in [4.78, 5) is 14.2. The molecule has 1 aromatic heterocycles. The highest BCUT2D eigenvalue weighted by molar-refractivity contribution is 5.99. The topological polar surface area (TPSA) is 44.9 Å². The molecule has 5 heteroatoms. The number of hydrogen-bond donors (Lipinski definition) is 0. The van der Waals surface area contributed by atoms with Crippen molar-refractivity contribution in [2.24, 2.45) is 4.99 Å². The fourth-order valence-electron chi connectivity index (χ4n) is 9.78. The Bertz CT molecular complexity index is 3590. The second-order valence-corrected chi connectivity index (χ2v) is 17.9. The third kappa shape index (κ3) is 7.40. The number of rotatable bonds is 9. The molecular formula is C63H46N4O. The zero-order valence-corrected chi connectivity index (χ0v) is 37.8. The van der Waals surface area contributed by atoms with Gasteiger partial charge in [0.05, 0.1) is 22.7 Å². The van der Waals surface area contributed by atoms with Gasteiger partial charge in [-0.25, -0.2) is 4.98 Å². The summed E-state index contributed by atoms with van der Waals surface area (Å²) in [5.74, 6) is 0.612. The summed E-state index contributed by atoms with van der Waals surface area (Å²) in [6.07, 6.45) is 1.97. The van der Waals surface area contributed by atoms with Gasteiger partial charge in [-0.3, -0.25) is 4.99 Å². The summed E-state index contributed by atoms with van der Waals surface area (Å²) in [6.45, 7) is 4.65. The smallest absolute Gasteiger partial charge is 0.227 e. The van der Waals surface area contributed by atoms with E-state index >= 15 is 0 Å². The van der Waals surface area contributed by atoms with Gasteiger partial charge in [0.2, 0.25) is 5.89 Å². The number of aromatic nitrogens is 1. The van der Waals surface area contributed by atoms with Crippen molar-refractivity contribution in [3.8, 4) is 33.7 Å². The van der Waals surface area contributed by atoms with Crippen LogP contribution in [0.4, 0.5) is 39.8 Å². The molecule has 2 heterocycles. The van der Waals surface area contributed by atoms with Crippen LogP contribution >= 0.6 is 0 Å². The van der Waals surface area contributed by atoms with E-state index in [1.165, 1.54) is 44.4 Å². The zero-order chi connectivity index (χ0) is 45.6. The van der Waals surface area contributed by atoms with Crippen LogP contribution in [-0.4, -0.2) is 11.2 Å². The first kappa shape index (κ1) is 40.7. The van der Waals surface area contributed by atoms with Gasteiger partial charge in [-0.1, -0.05) is 153 Å². The van der Waals surface area contributed by atoms with Crippen molar-refractivity contribution in [3.63, 3.8) is 0 Å². The minimum atomic E-state index is -0.195. The molecule has 11 aromatic rings. The molecule has 5 nitrogen and oxygen atoms in total. The maximum Gasteiger partial charge on any atom is 0.227 e. The molecule has 1 aliphatic rings. The van der Waals surface area contributed by atoms with Crippen LogP contribution in [0.15, 0.2) is 246 Å². The molecule has 0 amide bonds. The number of aliphatic imine (C=N–C) groups is 1. The first-order chi connectivity index (χ1) is 33.4. The number of para-hydroxylation sites is 4. The van der Waals surface area contributed by atoms with E-state index in [1.54, 1.807) is 0 Å². The highest BCUT2D eigenvalue weighted by atomic mass is 16.3. The van der Waals surface area contributed by atoms with Gasteiger partial charge in [-0.2, -0.15) is 0 Å². The molecular weight excluding hydrogens is 829 g/mol. The Morgan fingerprint density at radius 2 is 1.07 bits per heavy atom. The van der Waals surface area contributed by atoms with Crippen LogP contribution in [0, 0.1) is 0 Å². The van der Waals surface area contributed by atoms with Crippen molar-refractivity contribution in [2.75, 3.05) is 9.80 Å². The van der Waals surface area contributed by atoms with Crippen LogP contribution in [0.2, 0.25) is 0 Å². The zero-order valence-electron chi connectivity index (χ0n) is 37.8. The van der Waals surface area contributed by atoms with Gasteiger partial charge in [-0.15, -0.1) is 0 Å². The van der Waals surface area contributed by atoms with Gasteiger partial charge in [0.1, 0.15) is 5.52 Å². The van der Waals surface area contributed by atoms with E-state index in [0.29, 0.717) is 5.89 Å².